The summed E-state index contributed by atoms with van der Waals surface area (Å²) in [7, 11) is 4.56. The Morgan fingerprint density at radius 3 is 1.11 bits per heavy atom. The predicted octanol–water partition coefficient (Wildman–Crippen LogP) is 13.5. The monoisotopic (exact) mass is 1940 g/mol. The zero-order valence-corrected chi connectivity index (χ0v) is 79.1. The first kappa shape index (κ1) is 98.3. The van der Waals surface area contributed by atoms with Crippen LogP contribution in [0.2, 0.25) is 5.02 Å². The molecular weight excluding hydrogens is 1820 g/mol. The molecule has 0 radical (unpaired) electrons. The zero-order chi connectivity index (χ0) is 98.6. The SMILES string of the molecule is COc1cc(Cl)cc2[nH]c(C(=O)N3CC4CCCC4C3C(=O)NC(C#N)CC3CCCC3=O)cc12.COc1ccc(F)c2[nH]c(C(=O)N3CC4CCCC4C3C(=O)NC(C#N)CC3CCCC3=O)cc12.COc1nccc2[nH]c(C(=O)N3CC4CCCC4C3C(=O)NC(C#N)CC3CCCC3=O)cc12.N#CC(CC1CCCC1=O)NC(=O)C1C2CCCC2CN1C(=O)c1cc2c(OC(F)F)cccc2[nH]1. The fourth-order valence-electron chi connectivity index (χ4n) is 25.0. The molecule has 8 aromatic rings. The smallest absolute Gasteiger partial charge is 0.387 e. The van der Waals surface area contributed by atoms with Crippen molar-refractivity contribution in [3.8, 4) is 47.4 Å². The maximum absolute atomic E-state index is 14.4. The molecule has 9 heterocycles. The van der Waals surface area contributed by atoms with Gasteiger partial charge in [-0.15, -0.1) is 0 Å². The van der Waals surface area contributed by atoms with Crippen LogP contribution in [0.4, 0.5) is 13.2 Å². The standard InChI is InChI=1S/C26H29ClN4O4.C26H28F2N4O4.C26H29FN4O4.C25H29N5O4/c1-35-23-10-16(27)9-20-19(23)11-21(30-20)26(34)31-13-15-5-2-6-18(15)24(31)25(33)29-17(12-28)8-14-4-3-7-22(14)32;27-26(28)36-22-9-3-7-19-18(22)11-20(31-19)25(35)32-13-15-5-1-6-17(15)23(32)24(34)30-16(12-29)10-14-4-2-8-21(14)33;1-35-22-9-8-19(27)23-18(22)11-20(30-23)26(34)31-13-15-5-2-6-17(15)24(31)25(33)29-16(12-28)10-14-4-3-7-21(14)32;1-34-24-18-11-20(29-19(18)8-9-27-24)25(33)30-13-15-5-2-6-17(15)22(30)23(32)28-16(12-26)10-14-4-3-7-21(14)31/h9-11,14-15,17-18,24,30H,2-8,13H2,1H3,(H,29,33);3,7,9,11,14-17,23,26,31H,1-2,4-6,8,10,13H2,(H,30,34);8-9,11,14-17,24,30H,2-7,10,13H2,1H3,(H,29,33);8-9,11,14-17,22,29H,2-7,10,13H2,1H3,(H,28,32). The van der Waals surface area contributed by atoms with Crippen LogP contribution in [0.3, 0.4) is 0 Å². The lowest BCUT2D eigenvalue weighted by Crippen LogP contribution is -2.51. The molecule has 12 aliphatic rings. The molecule has 0 spiro atoms. The number of rotatable bonds is 25. The number of carbonyl (C=O) groups excluding carboxylic acids is 12. The first-order valence-corrected chi connectivity index (χ1v) is 49.5. The molecule has 4 saturated heterocycles. The highest BCUT2D eigenvalue weighted by Crippen LogP contribution is 2.49. The van der Waals surface area contributed by atoms with Crippen LogP contribution in [0.1, 0.15) is 222 Å². The number of amides is 8. The number of hydrogen-bond donors (Lipinski definition) is 8. The number of methoxy groups -OCH3 is 3. The van der Waals surface area contributed by atoms with E-state index in [9.17, 15) is 91.8 Å². The second-order valence-electron chi connectivity index (χ2n) is 39.7. The highest BCUT2D eigenvalue weighted by molar-refractivity contribution is 6.31. The molecule has 5 aromatic heterocycles. The van der Waals surface area contributed by atoms with E-state index in [1.165, 1.54) is 43.4 Å². The van der Waals surface area contributed by atoms with Crippen molar-refractivity contribution >= 4 is 126 Å². The zero-order valence-electron chi connectivity index (χ0n) is 78.3. The molecule has 8 aliphatic carbocycles. The Balaban J connectivity index is 0.000000129. The number of H-pyrrole nitrogens is 4. The van der Waals surface area contributed by atoms with Crippen LogP contribution in [0.15, 0.2) is 79.0 Å². The van der Waals surface area contributed by atoms with Gasteiger partial charge in [0.1, 0.15) is 117 Å². The van der Waals surface area contributed by atoms with Crippen molar-refractivity contribution in [2.24, 2.45) is 71.0 Å². The average molecular weight is 1940 g/mol. The summed E-state index contributed by atoms with van der Waals surface area (Å²) in [5.41, 5.74) is 3.20. The maximum atomic E-state index is 14.4. The van der Waals surface area contributed by atoms with Crippen molar-refractivity contribution in [3.63, 3.8) is 0 Å². The molecule has 37 heteroatoms. The van der Waals surface area contributed by atoms with Crippen molar-refractivity contribution < 1.29 is 89.7 Å². The molecule has 8 amide bonds. The summed E-state index contributed by atoms with van der Waals surface area (Å²) in [6.45, 7) is -1.12. The van der Waals surface area contributed by atoms with Crippen LogP contribution in [-0.2, 0) is 38.4 Å². The van der Waals surface area contributed by atoms with Gasteiger partial charge >= 0.3 is 6.61 Å². The van der Waals surface area contributed by atoms with Gasteiger partial charge in [-0.1, -0.05) is 43.4 Å². The van der Waals surface area contributed by atoms with E-state index in [-0.39, 0.29) is 165 Å². The number of aromatic nitrogens is 5. The number of carbonyl (C=O) groups is 12. The van der Waals surface area contributed by atoms with Gasteiger partial charge in [0.15, 0.2) is 0 Å². The quantitative estimate of drug-likeness (QED) is 0.0263. The number of benzene rings is 3. The van der Waals surface area contributed by atoms with Gasteiger partial charge in [0.2, 0.25) is 29.5 Å². The molecule has 140 heavy (non-hydrogen) atoms. The van der Waals surface area contributed by atoms with Crippen LogP contribution < -0.4 is 40.2 Å². The van der Waals surface area contributed by atoms with Gasteiger partial charge in [-0.25, -0.2) is 9.37 Å². The maximum Gasteiger partial charge on any atom is 0.387 e. The molecule has 20 unspecified atom stereocenters. The van der Waals surface area contributed by atoms with Gasteiger partial charge < -0.3 is 79.8 Å². The van der Waals surface area contributed by atoms with Gasteiger partial charge in [0.25, 0.3) is 23.6 Å². The van der Waals surface area contributed by atoms with Crippen LogP contribution in [-0.4, -0.2) is 217 Å². The molecule has 4 aliphatic heterocycles. The lowest BCUT2D eigenvalue weighted by Gasteiger charge is -2.28. The number of aromatic amines is 4. The Morgan fingerprint density at radius 1 is 0.414 bits per heavy atom. The summed E-state index contributed by atoms with van der Waals surface area (Å²) in [5, 5.41) is 52.7. The van der Waals surface area contributed by atoms with E-state index in [1.807, 2.05) is 0 Å². The second-order valence-corrected chi connectivity index (χ2v) is 40.1. The van der Waals surface area contributed by atoms with E-state index in [0.717, 1.165) is 139 Å². The number of likely N-dealkylation sites (tertiary alicyclic amines) is 4. The van der Waals surface area contributed by atoms with Crippen LogP contribution in [0, 0.1) is 122 Å². The molecule has 0 bridgehead atoms. The van der Waals surface area contributed by atoms with Crippen molar-refractivity contribution in [3.05, 3.63) is 113 Å². The third kappa shape index (κ3) is 20.4. The molecule has 33 nitrogen and oxygen atoms in total. The van der Waals surface area contributed by atoms with Crippen molar-refractivity contribution in [1.82, 2.24) is 65.8 Å². The van der Waals surface area contributed by atoms with Crippen LogP contribution in [0.5, 0.6) is 23.1 Å². The van der Waals surface area contributed by atoms with E-state index >= 15 is 0 Å². The highest BCUT2D eigenvalue weighted by Gasteiger charge is 2.55. The molecular formula is C103H115ClF3N17O16. The summed E-state index contributed by atoms with van der Waals surface area (Å²) >= 11 is 6.18. The number of nitrogens with one attached hydrogen (secondary N) is 8. The fraction of sp³-hybridized carbons (Fsp3) is 0.544. The summed E-state index contributed by atoms with van der Waals surface area (Å²) in [5.74, 6) is -0.752. The molecule has 8 saturated carbocycles. The highest BCUT2D eigenvalue weighted by atomic mass is 35.5. The molecule has 20 rings (SSSR count). The number of ether oxygens (including phenoxy) is 4. The molecule has 20 atom stereocenters. The largest absolute Gasteiger partial charge is 0.496 e. The lowest BCUT2D eigenvalue weighted by atomic mass is 9.92. The normalized spacial score (nSPS) is 26.6. The predicted molar refractivity (Wildman–Crippen MR) is 503 cm³/mol. The fourth-order valence-corrected chi connectivity index (χ4v) is 25.2. The summed E-state index contributed by atoms with van der Waals surface area (Å²) < 4.78 is 60.7. The number of alkyl halides is 2. The average Bonchev–Trinajstić information content (AvgIpc) is 1.62. The lowest BCUT2D eigenvalue weighted by molar-refractivity contribution is -0.127. The number of fused-ring (bicyclic) bond motifs is 8. The summed E-state index contributed by atoms with van der Waals surface area (Å²) in [6, 6.07) is 21.9. The Kier molecular flexibility index (Phi) is 30.0. The number of hydrogen-bond acceptors (Lipinski definition) is 21. The van der Waals surface area contributed by atoms with Gasteiger partial charge in [-0.2, -0.15) is 29.8 Å². The summed E-state index contributed by atoms with van der Waals surface area (Å²) in [4.78, 5) is 179. The van der Waals surface area contributed by atoms with Gasteiger partial charge in [-0.3, -0.25) is 57.5 Å². The first-order chi connectivity index (χ1) is 67.6. The van der Waals surface area contributed by atoms with E-state index < -0.39 is 66.7 Å². The Labute approximate surface area is 811 Å². The second kappa shape index (κ2) is 42.8. The van der Waals surface area contributed by atoms with Crippen LogP contribution >= 0.6 is 11.6 Å². The van der Waals surface area contributed by atoms with E-state index in [1.54, 1.807) is 76.5 Å². The Bertz CT molecular complexity index is 6320. The van der Waals surface area contributed by atoms with Crippen molar-refractivity contribution in [2.45, 2.75) is 235 Å². The first-order valence-electron chi connectivity index (χ1n) is 49.1. The van der Waals surface area contributed by atoms with E-state index in [0.29, 0.717) is 132 Å². The number of nitriles is 4. The minimum absolute atomic E-state index is 0.0106. The van der Waals surface area contributed by atoms with Gasteiger partial charge in [0, 0.05) is 108 Å². The number of pyridine rings is 1. The molecule has 8 N–H and O–H groups in total. The Morgan fingerprint density at radius 2 is 0.764 bits per heavy atom. The van der Waals surface area contributed by atoms with E-state index in [2.05, 4.69) is 75.2 Å². The third-order valence-electron chi connectivity index (χ3n) is 31.6. The Hall–Kier alpha value is -13.4. The molecule has 12 fully saturated rings. The van der Waals surface area contributed by atoms with Crippen molar-refractivity contribution in [2.75, 3.05) is 47.5 Å². The van der Waals surface area contributed by atoms with Crippen molar-refractivity contribution in [1.29, 1.82) is 21.0 Å². The minimum Gasteiger partial charge on any atom is -0.496 e. The topological polar surface area (TPSA) is 474 Å². The summed E-state index contributed by atoms with van der Waals surface area (Å²) in [6.07, 6.45) is 22.6. The third-order valence-corrected chi connectivity index (χ3v) is 31.9. The van der Waals surface area contributed by atoms with Gasteiger partial charge in [-0.05, 0) is 242 Å². The van der Waals surface area contributed by atoms with E-state index in [4.69, 9.17) is 25.8 Å². The molecule has 736 valence electrons. The minimum atomic E-state index is -3.00. The number of nitrogens with zero attached hydrogens (tertiary/aromatic N) is 9. The number of halogens is 4. The van der Waals surface area contributed by atoms with Crippen LogP contribution in [0.25, 0.3) is 43.6 Å². The number of ketones is 4. The molecule has 3 aromatic carbocycles. The van der Waals surface area contributed by atoms with Gasteiger partial charge in [0.05, 0.1) is 67.5 Å². The number of Topliss-reactive ketones (excluding diaryl/α,β-unsaturated/α-hetero) is 4.